The van der Waals surface area contributed by atoms with Gasteiger partial charge >= 0.3 is 35.9 Å². The van der Waals surface area contributed by atoms with E-state index < -0.39 is 59.1 Å². The van der Waals surface area contributed by atoms with E-state index in [9.17, 15) is 62.5 Å². The van der Waals surface area contributed by atoms with Crippen LogP contribution in [0.15, 0.2) is 158 Å². The number of rotatable bonds is 21. The molecule has 640 valence electrons. The predicted molar refractivity (Wildman–Crippen MR) is 457 cm³/mol. The molecule has 125 heavy (non-hydrogen) atoms. The third-order valence-electron chi connectivity index (χ3n) is 19.1. The predicted octanol–water partition coefficient (Wildman–Crippen LogP) is 14.6. The number of carboxylic acid groups (broad SMARTS) is 5. The van der Waals surface area contributed by atoms with Crippen molar-refractivity contribution in [2.45, 2.75) is 119 Å². The normalized spacial score (nSPS) is 11.1. The topological polar surface area (TPSA) is 490 Å². The lowest BCUT2D eigenvalue weighted by atomic mass is 10.1. The Morgan fingerprint density at radius 1 is 0.472 bits per heavy atom. The van der Waals surface area contributed by atoms with E-state index in [0.29, 0.717) is 133 Å². The van der Waals surface area contributed by atoms with E-state index in [4.69, 9.17) is 32.3 Å². The van der Waals surface area contributed by atoms with Crippen LogP contribution in [0.3, 0.4) is 0 Å². The number of carboxylic acids is 5. The van der Waals surface area contributed by atoms with Gasteiger partial charge in [0.05, 0.1) is 28.3 Å². The molecule has 0 spiro atoms. The quantitative estimate of drug-likeness (QED) is 0.0323. The van der Waals surface area contributed by atoms with E-state index in [1.54, 1.807) is 137 Å². The lowest BCUT2D eigenvalue weighted by Crippen LogP contribution is -2.27. The van der Waals surface area contributed by atoms with Gasteiger partial charge in [0.15, 0.2) is 56.7 Å². The number of carbonyl (C=O) groups is 8. The Balaban J connectivity index is 0.000000143. The van der Waals surface area contributed by atoms with E-state index in [2.05, 4.69) is 82.9 Å². The summed E-state index contributed by atoms with van der Waals surface area (Å²) in [5, 5.41) is 74.5. The number of aromatic carboxylic acids is 5. The average Bonchev–Trinajstić information content (AvgIpc) is 1.62. The van der Waals surface area contributed by atoms with Crippen molar-refractivity contribution in [3.63, 3.8) is 0 Å². The molecular weight excluding hydrogens is 1640 g/mol. The summed E-state index contributed by atoms with van der Waals surface area (Å²) in [6, 6.07) is 40.2. The number of anilines is 1. The van der Waals surface area contributed by atoms with Crippen LogP contribution in [0.4, 0.5) is 19.3 Å². The molecule has 12 aromatic heterocycles. The van der Waals surface area contributed by atoms with Gasteiger partial charge in [0.25, 0.3) is 5.91 Å². The third-order valence-corrected chi connectivity index (χ3v) is 19.4. The molecule has 35 nitrogen and oxygen atoms in total. The van der Waals surface area contributed by atoms with Crippen LogP contribution in [0.25, 0.3) is 95.6 Å². The number of aromatic amines is 1. The number of amides is 3. The number of nitrogens with two attached hydrogens (primary N) is 1. The number of unbranched alkanes of at least 4 members (excludes halogenated alkanes) is 1. The highest BCUT2D eigenvalue weighted by Crippen LogP contribution is 2.32. The molecule has 0 saturated heterocycles. The van der Waals surface area contributed by atoms with E-state index in [-0.39, 0.29) is 45.6 Å². The fourth-order valence-electron chi connectivity index (χ4n) is 12.9. The van der Waals surface area contributed by atoms with E-state index in [1.807, 2.05) is 40.7 Å². The van der Waals surface area contributed by atoms with Gasteiger partial charge in [0.2, 0.25) is 5.91 Å². The Bertz CT molecular complexity index is 6870. The monoisotopic (exact) mass is 1720 g/mol. The number of aromatic nitrogens is 18. The maximum atomic E-state index is 14.5. The van der Waals surface area contributed by atoms with Crippen LogP contribution in [0.5, 0.6) is 0 Å². The van der Waals surface area contributed by atoms with Crippen molar-refractivity contribution in [3.05, 3.63) is 249 Å². The van der Waals surface area contributed by atoms with Gasteiger partial charge in [-0.2, -0.15) is 25.5 Å². The molecule has 16 rings (SSSR count). The fraction of sp³-hybridized carbons (Fsp3) is 0.218. The zero-order valence-corrected chi connectivity index (χ0v) is 69.6. The van der Waals surface area contributed by atoms with Crippen molar-refractivity contribution in [1.82, 2.24) is 93.3 Å². The molecule has 0 aliphatic carbocycles. The Kier molecular flexibility index (Phi) is 26.9. The first kappa shape index (κ1) is 88.6. The number of nitrogens with one attached hydrogen (secondary N) is 3. The molecule has 4 aromatic carbocycles. The molecule has 0 saturated carbocycles. The highest BCUT2D eigenvalue weighted by Gasteiger charge is 2.24. The Morgan fingerprint density at radius 3 is 1.24 bits per heavy atom. The number of halogens is 3. The van der Waals surface area contributed by atoms with Crippen molar-refractivity contribution in [3.8, 4) is 56.4 Å². The number of pyridine rings is 1. The molecule has 0 atom stereocenters. The first-order chi connectivity index (χ1) is 59.7. The zero-order chi connectivity index (χ0) is 90.0. The smallest absolute Gasteiger partial charge is 0.412 e. The van der Waals surface area contributed by atoms with Crippen molar-refractivity contribution in [1.29, 1.82) is 0 Å². The van der Waals surface area contributed by atoms with E-state index in [0.717, 1.165) is 58.7 Å². The van der Waals surface area contributed by atoms with Gasteiger partial charge < -0.3 is 46.3 Å². The van der Waals surface area contributed by atoms with Crippen LogP contribution in [-0.4, -0.2) is 174 Å². The molecule has 12 heterocycles. The summed E-state index contributed by atoms with van der Waals surface area (Å²) in [6.45, 7) is 16.9. The second-order valence-corrected chi connectivity index (χ2v) is 29.2. The minimum absolute atomic E-state index is 0.000708. The van der Waals surface area contributed by atoms with Crippen LogP contribution in [0.1, 0.15) is 183 Å². The second-order valence-electron chi connectivity index (χ2n) is 28.9. The van der Waals surface area contributed by atoms with Crippen molar-refractivity contribution in [2.24, 2.45) is 5.73 Å². The number of fused-ring (bicyclic) bond motifs is 6. The molecule has 3 amide bonds. The summed E-state index contributed by atoms with van der Waals surface area (Å²) in [4.78, 5) is 123. The molecule has 0 aliphatic rings. The van der Waals surface area contributed by atoms with Gasteiger partial charge in [-0.3, -0.25) is 19.9 Å². The molecule has 0 radical (unpaired) electrons. The zero-order valence-electron chi connectivity index (χ0n) is 68.9. The Hall–Kier alpha value is -15.7. The molecule has 10 N–H and O–H groups in total. The highest BCUT2D eigenvalue weighted by atomic mass is 35.5. The molecule has 38 heteroatoms. The first-order valence-corrected chi connectivity index (χ1v) is 39.5. The van der Waals surface area contributed by atoms with E-state index in [1.165, 1.54) is 65.2 Å². The summed E-state index contributed by atoms with van der Waals surface area (Å²) in [6.07, 6.45) is 6.86. The van der Waals surface area contributed by atoms with Crippen molar-refractivity contribution < 1.29 is 77.4 Å². The number of ether oxygens (including phenoxy) is 1. The number of H-pyrrole nitrogens is 1. The molecule has 0 bridgehead atoms. The van der Waals surface area contributed by atoms with Gasteiger partial charge in [-0.05, 0) is 144 Å². The maximum absolute atomic E-state index is 14.5. The minimum atomic E-state index is -1.15. The number of hydrogen-bond acceptors (Lipinski definition) is 21. The van der Waals surface area contributed by atoms with E-state index >= 15 is 0 Å². The summed E-state index contributed by atoms with van der Waals surface area (Å²) in [5.41, 5.74) is 17.1. The lowest BCUT2D eigenvalue weighted by Gasteiger charge is -2.19. The van der Waals surface area contributed by atoms with Crippen LogP contribution < -0.4 is 16.4 Å². The van der Waals surface area contributed by atoms with Gasteiger partial charge in [-0.1, -0.05) is 89.9 Å². The molecule has 16 aromatic rings. The molecule has 0 aliphatic heterocycles. The largest absolute Gasteiger partial charge is 0.477 e. The van der Waals surface area contributed by atoms with Crippen LogP contribution in [0, 0.1) is 11.6 Å². The molecule has 0 unspecified atom stereocenters. The fourth-order valence-corrected chi connectivity index (χ4v) is 13.2. The highest BCUT2D eigenvalue weighted by molar-refractivity contribution is 6.31. The summed E-state index contributed by atoms with van der Waals surface area (Å²) in [5.74, 6) is -6.27. The first-order valence-electron chi connectivity index (χ1n) is 39.2. The number of nitrogens with zero attached hydrogens (tertiary/aromatic N) is 17. The van der Waals surface area contributed by atoms with Crippen LogP contribution in [-0.2, 0) is 43.3 Å². The maximum Gasteiger partial charge on any atom is 0.412 e. The minimum Gasteiger partial charge on any atom is -0.477 e. The number of benzene rings is 4. The summed E-state index contributed by atoms with van der Waals surface area (Å²) >= 11 is 6.26. The second kappa shape index (κ2) is 37.9. The summed E-state index contributed by atoms with van der Waals surface area (Å²) < 4.78 is 42.1. The number of hydrogen-bond donors (Lipinski definition) is 9. The third kappa shape index (κ3) is 20.3. The molecule has 0 fully saturated rings. The average molecular weight is 1720 g/mol. The number of aryl methyl sites for hydroxylation is 6. The number of primary amides is 1. The SMILES string of the molecule is CCCCc1nc(-c2cc3nc(C(=O)O)cc(CC)n3n2)c(Cl)[nH]1.CCc1cc(C(=O)O)nc2cc(-c3cc(NC(=O)OC(C)(C)C)ccc3F)nn12.CCc1cc(C(=O)O)nc2cc(-c3cc4cccnc4cc3F)nn12.CCc1cc(C(=O)O)nc2cc(-c3ccc(C(=O)NC)cc3)nn12.CCc1cc(C(=O)O)nc2cc(-c3ccc(C(N)=O)cc3)nn12. The number of imidazole rings is 1. The lowest BCUT2D eigenvalue weighted by molar-refractivity contribution is 0.0630. The standard InChI is InChI=1S/C20H21FN4O4.C18H13FN4O2.C17H16N4O3.C16H18ClN5O2.C16H14N4O3/c1-5-12-9-16(18(26)27)23-17-10-15(24-25(12)17)13-8-11(6-7-14(13)21)22-19(28)29-20(2,3)4;1-2-11-7-16(18(24)25)21-17-9-15(22-23(11)17)12-6-10-4-3-5-20-14(10)8-13(12)19;1-3-12-8-14(17(23)24)19-15-9-13(20-21(12)15)10-4-6-11(7-5-10)16(22)18-2;1-3-5-6-12-19-14(15(17)20-12)10-8-13-18-11(16(23)24)7-9(4-2)22(13)21-10;1-2-11-7-13(16(22)23)18-14-8-12(19-20(11)14)9-3-5-10(6-4-9)15(17)21/h6-10H,5H2,1-4H3,(H,22,28)(H,26,27);3-9H,2H2,1H3,(H,24,25);4-9H,3H2,1-2H3,(H,18,22)(H,23,24);7-8H,3-6H2,1-2H3,(H,19,20)(H,23,24);3-8H,2H2,1H3,(H2,17,21)(H,22,23). The van der Waals surface area contributed by atoms with Gasteiger partial charge in [-0.25, -0.2) is 90.0 Å². The Labute approximate surface area is 713 Å². The van der Waals surface area contributed by atoms with Gasteiger partial charge in [-0.15, -0.1) is 0 Å². The van der Waals surface area contributed by atoms with Gasteiger partial charge in [0.1, 0.15) is 39.6 Å². The summed E-state index contributed by atoms with van der Waals surface area (Å²) in [7, 11) is 1.58. The van der Waals surface area contributed by atoms with Crippen molar-refractivity contribution >= 4 is 104 Å². The van der Waals surface area contributed by atoms with Crippen molar-refractivity contribution in [2.75, 3.05) is 12.4 Å². The molecular formula is C87H82ClF2N21O14. The Morgan fingerprint density at radius 2 is 0.856 bits per heavy atom. The van der Waals surface area contributed by atoms with Gasteiger partial charge in [0, 0.05) is 129 Å². The van der Waals surface area contributed by atoms with Crippen LogP contribution in [0.2, 0.25) is 5.15 Å². The number of carbonyl (C=O) groups excluding carboxylic acids is 3. The van der Waals surface area contributed by atoms with Crippen LogP contribution >= 0.6 is 11.6 Å².